The molecular formula is C20H24BrN3O3. The first-order valence-corrected chi connectivity index (χ1v) is 10.1. The molecule has 7 heteroatoms. The third kappa shape index (κ3) is 4.77. The molecule has 1 aliphatic rings. The minimum atomic E-state index is -0.969. The standard InChI is InChI=1S/C20H24BrN3O3/c1-2-3-18(25)16-11-22-17-9-4-12(21)10-15(17)19(16)23-13-5-7-14(8-6-13)24-20(26)27/h4,9-11,13-14,24H,2-3,5-8H2,1H3,(H,22,23)(H,26,27). The summed E-state index contributed by atoms with van der Waals surface area (Å²) in [6, 6.07) is 6.08. The molecule has 0 saturated heterocycles. The number of carbonyl (C=O) groups is 2. The van der Waals surface area contributed by atoms with Gasteiger partial charge in [-0.2, -0.15) is 0 Å². The van der Waals surface area contributed by atoms with Crippen molar-refractivity contribution >= 4 is 44.4 Å². The van der Waals surface area contributed by atoms with E-state index in [1.807, 2.05) is 25.1 Å². The molecule has 1 fully saturated rings. The van der Waals surface area contributed by atoms with Crippen molar-refractivity contribution in [1.29, 1.82) is 0 Å². The molecule has 1 saturated carbocycles. The molecule has 0 radical (unpaired) electrons. The number of ketones is 1. The zero-order chi connectivity index (χ0) is 19.4. The van der Waals surface area contributed by atoms with Gasteiger partial charge in [0.1, 0.15) is 0 Å². The number of benzene rings is 1. The molecule has 3 N–H and O–H groups in total. The Bertz CT molecular complexity index is 848. The summed E-state index contributed by atoms with van der Waals surface area (Å²) in [5.74, 6) is 0.0932. The summed E-state index contributed by atoms with van der Waals surface area (Å²) in [5.41, 5.74) is 2.32. The Morgan fingerprint density at radius 1 is 1.22 bits per heavy atom. The van der Waals surface area contributed by atoms with Crippen LogP contribution < -0.4 is 10.6 Å². The lowest BCUT2D eigenvalue weighted by Crippen LogP contribution is -2.39. The first-order valence-electron chi connectivity index (χ1n) is 9.35. The number of hydrogen-bond acceptors (Lipinski definition) is 4. The number of pyridine rings is 1. The number of carbonyl (C=O) groups excluding carboxylic acids is 1. The van der Waals surface area contributed by atoms with Gasteiger partial charge in [0.05, 0.1) is 16.8 Å². The van der Waals surface area contributed by atoms with Crippen LogP contribution in [0.3, 0.4) is 0 Å². The lowest BCUT2D eigenvalue weighted by Gasteiger charge is -2.30. The number of halogens is 1. The Labute approximate surface area is 166 Å². The highest BCUT2D eigenvalue weighted by molar-refractivity contribution is 9.10. The Morgan fingerprint density at radius 3 is 2.59 bits per heavy atom. The molecule has 1 aromatic heterocycles. The highest BCUT2D eigenvalue weighted by Crippen LogP contribution is 2.32. The van der Waals surface area contributed by atoms with E-state index in [-0.39, 0.29) is 17.9 Å². The highest BCUT2D eigenvalue weighted by Gasteiger charge is 2.24. The summed E-state index contributed by atoms with van der Waals surface area (Å²) in [4.78, 5) is 27.9. The van der Waals surface area contributed by atoms with Gasteiger partial charge in [-0.3, -0.25) is 9.78 Å². The SMILES string of the molecule is CCCC(=O)c1cnc2ccc(Br)cc2c1NC1CCC(NC(=O)O)CC1. The van der Waals surface area contributed by atoms with Crippen LogP contribution in [0.5, 0.6) is 0 Å². The van der Waals surface area contributed by atoms with Gasteiger partial charge in [-0.15, -0.1) is 0 Å². The van der Waals surface area contributed by atoms with E-state index in [9.17, 15) is 9.59 Å². The van der Waals surface area contributed by atoms with E-state index in [0.29, 0.717) is 12.0 Å². The van der Waals surface area contributed by atoms with Crippen LogP contribution in [0.4, 0.5) is 10.5 Å². The van der Waals surface area contributed by atoms with Crippen molar-refractivity contribution in [2.24, 2.45) is 0 Å². The molecule has 1 aliphatic carbocycles. The average Bonchev–Trinajstić information content (AvgIpc) is 2.63. The van der Waals surface area contributed by atoms with E-state index in [1.165, 1.54) is 0 Å². The lowest BCUT2D eigenvalue weighted by atomic mass is 9.90. The van der Waals surface area contributed by atoms with Gasteiger partial charge < -0.3 is 15.7 Å². The predicted molar refractivity (Wildman–Crippen MR) is 110 cm³/mol. The molecule has 2 aromatic rings. The molecule has 1 aromatic carbocycles. The topological polar surface area (TPSA) is 91.3 Å². The molecule has 27 heavy (non-hydrogen) atoms. The number of anilines is 1. The smallest absolute Gasteiger partial charge is 0.404 e. The minimum absolute atomic E-state index is 0.00470. The van der Waals surface area contributed by atoms with Gasteiger partial charge in [0.15, 0.2) is 5.78 Å². The van der Waals surface area contributed by atoms with E-state index in [4.69, 9.17) is 5.11 Å². The van der Waals surface area contributed by atoms with Gasteiger partial charge in [0, 0.05) is 34.6 Å². The van der Waals surface area contributed by atoms with Crippen molar-refractivity contribution in [3.63, 3.8) is 0 Å². The van der Waals surface area contributed by atoms with E-state index < -0.39 is 6.09 Å². The van der Waals surface area contributed by atoms with E-state index in [2.05, 4.69) is 31.5 Å². The molecule has 3 rings (SSSR count). The van der Waals surface area contributed by atoms with Crippen molar-refractivity contribution in [1.82, 2.24) is 10.3 Å². The molecule has 6 nitrogen and oxygen atoms in total. The highest BCUT2D eigenvalue weighted by atomic mass is 79.9. The van der Waals surface area contributed by atoms with Crippen molar-refractivity contribution in [2.45, 2.75) is 57.5 Å². The van der Waals surface area contributed by atoms with Gasteiger partial charge >= 0.3 is 6.09 Å². The minimum Gasteiger partial charge on any atom is -0.465 e. The molecular weight excluding hydrogens is 410 g/mol. The van der Waals surface area contributed by atoms with E-state index in [1.54, 1.807) is 6.20 Å². The van der Waals surface area contributed by atoms with Crippen molar-refractivity contribution in [3.8, 4) is 0 Å². The van der Waals surface area contributed by atoms with Crippen LogP contribution in [0.2, 0.25) is 0 Å². The maximum Gasteiger partial charge on any atom is 0.404 e. The third-order valence-corrected chi connectivity index (χ3v) is 5.50. The number of fused-ring (bicyclic) bond motifs is 1. The summed E-state index contributed by atoms with van der Waals surface area (Å²) in [6.45, 7) is 1.99. The van der Waals surface area contributed by atoms with Crippen molar-refractivity contribution in [2.75, 3.05) is 5.32 Å². The fourth-order valence-electron chi connectivity index (χ4n) is 3.65. The van der Waals surface area contributed by atoms with Crippen LogP contribution in [-0.2, 0) is 0 Å². The zero-order valence-electron chi connectivity index (χ0n) is 15.3. The molecule has 0 atom stereocenters. The van der Waals surface area contributed by atoms with E-state index in [0.717, 1.165) is 53.2 Å². The lowest BCUT2D eigenvalue weighted by molar-refractivity contribution is 0.0982. The summed E-state index contributed by atoms with van der Waals surface area (Å²) in [6.07, 6.45) is 5.27. The quantitative estimate of drug-likeness (QED) is 0.559. The third-order valence-electron chi connectivity index (χ3n) is 5.01. The second-order valence-corrected chi connectivity index (χ2v) is 7.94. The maximum atomic E-state index is 12.6. The first kappa shape index (κ1) is 19.6. The number of amides is 1. The second-order valence-electron chi connectivity index (χ2n) is 7.02. The first-order chi connectivity index (χ1) is 13.0. The maximum absolute atomic E-state index is 12.6. The van der Waals surface area contributed by atoms with Crippen molar-refractivity contribution in [3.05, 3.63) is 34.4 Å². The fraction of sp³-hybridized carbons (Fsp3) is 0.450. The Morgan fingerprint density at radius 2 is 1.93 bits per heavy atom. The van der Waals surface area contributed by atoms with Crippen LogP contribution in [0.25, 0.3) is 10.9 Å². The Kier molecular flexibility index (Phi) is 6.31. The molecule has 0 bridgehead atoms. The predicted octanol–water partition coefficient (Wildman–Crippen LogP) is 4.97. The fourth-order valence-corrected chi connectivity index (χ4v) is 4.02. The van der Waals surface area contributed by atoms with Crippen LogP contribution in [0, 0.1) is 0 Å². The van der Waals surface area contributed by atoms with Gasteiger partial charge in [0.2, 0.25) is 0 Å². The monoisotopic (exact) mass is 433 g/mol. The number of rotatable bonds is 6. The summed E-state index contributed by atoms with van der Waals surface area (Å²) < 4.78 is 0.939. The zero-order valence-corrected chi connectivity index (χ0v) is 16.9. The van der Waals surface area contributed by atoms with E-state index >= 15 is 0 Å². The van der Waals surface area contributed by atoms with Crippen LogP contribution in [0.1, 0.15) is 55.8 Å². The van der Waals surface area contributed by atoms with Gasteiger partial charge in [-0.25, -0.2) is 4.79 Å². The summed E-state index contributed by atoms with van der Waals surface area (Å²) in [5, 5.41) is 16.0. The van der Waals surface area contributed by atoms with Gasteiger partial charge in [-0.1, -0.05) is 22.9 Å². The average molecular weight is 434 g/mol. The number of hydrogen-bond donors (Lipinski definition) is 3. The number of nitrogens with one attached hydrogen (secondary N) is 2. The van der Waals surface area contributed by atoms with Crippen LogP contribution >= 0.6 is 15.9 Å². The normalized spacial score (nSPS) is 19.6. The largest absolute Gasteiger partial charge is 0.465 e. The number of carboxylic acid groups (broad SMARTS) is 1. The van der Waals surface area contributed by atoms with Crippen molar-refractivity contribution < 1.29 is 14.7 Å². The van der Waals surface area contributed by atoms with Gasteiger partial charge in [0.25, 0.3) is 0 Å². The van der Waals surface area contributed by atoms with Crippen LogP contribution in [0.15, 0.2) is 28.9 Å². The van der Waals surface area contributed by atoms with Gasteiger partial charge in [-0.05, 0) is 50.3 Å². The summed E-state index contributed by atoms with van der Waals surface area (Å²) >= 11 is 3.51. The second kappa shape index (κ2) is 8.69. The number of Topliss-reactive ketones (excluding diaryl/α,β-unsaturated/α-hetero) is 1. The molecule has 0 spiro atoms. The van der Waals surface area contributed by atoms with Crippen LogP contribution in [-0.4, -0.2) is 34.1 Å². The molecule has 1 heterocycles. The molecule has 0 unspecified atom stereocenters. The molecule has 0 aliphatic heterocycles. The molecule has 144 valence electrons. The number of nitrogens with zero attached hydrogens (tertiary/aromatic N) is 1. The molecule has 1 amide bonds. The Balaban J connectivity index is 1.87. The summed E-state index contributed by atoms with van der Waals surface area (Å²) in [7, 11) is 0. The Hall–Kier alpha value is -2.15. The number of aromatic nitrogens is 1.